The van der Waals surface area contributed by atoms with Crippen molar-refractivity contribution < 1.29 is 14.4 Å². The molecule has 1 aromatic heterocycles. The van der Waals surface area contributed by atoms with E-state index in [2.05, 4.69) is 0 Å². The van der Waals surface area contributed by atoms with Crippen molar-refractivity contribution in [2.24, 2.45) is 5.73 Å². The molecule has 1 aromatic carbocycles. The SMILES string of the molecule is CC(C=Cc1cc(Cc2ccc(F)cc2)cs1)N(O)C(N)=O. The molecule has 0 radical (unpaired) electrons. The Morgan fingerprint density at radius 1 is 1.41 bits per heavy atom. The second-order valence-electron chi connectivity index (χ2n) is 4.94. The van der Waals surface area contributed by atoms with Crippen molar-refractivity contribution in [2.75, 3.05) is 0 Å². The quantitative estimate of drug-likeness (QED) is 0.652. The molecule has 0 aliphatic rings. The molecule has 0 saturated carbocycles. The second kappa shape index (κ2) is 7.20. The number of hydrogen-bond donors (Lipinski definition) is 2. The smallest absolute Gasteiger partial charge is 0.339 e. The molecule has 2 rings (SSSR count). The Kier molecular flexibility index (Phi) is 5.30. The number of nitrogens with two attached hydrogens (primary N) is 1. The fourth-order valence-corrected chi connectivity index (χ4v) is 2.74. The summed E-state index contributed by atoms with van der Waals surface area (Å²) in [7, 11) is 0. The topological polar surface area (TPSA) is 66.6 Å². The minimum atomic E-state index is -0.889. The van der Waals surface area contributed by atoms with Gasteiger partial charge in [0.1, 0.15) is 5.82 Å². The summed E-state index contributed by atoms with van der Waals surface area (Å²) in [5.74, 6) is -0.241. The molecular formula is C16H17FN2O2S. The van der Waals surface area contributed by atoms with Crippen LogP contribution in [0.3, 0.4) is 0 Å². The average molecular weight is 320 g/mol. The fraction of sp³-hybridized carbons (Fsp3) is 0.188. The molecule has 2 aromatic rings. The van der Waals surface area contributed by atoms with Crippen LogP contribution in [-0.4, -0.2) is 22.3 Å². The zero-order valence-corrected chi connectivity index (χ0v) is 12.9. The van der Waals surface area contributed by atoms with Crippen LogP contribution in [-0.2, 0) is 6.42 Å². The summed E-state index contributed by atoms with van der Waals surface area (Å²) in [6, 6.07) is 7.06. The highest BCUT2D eigenvalue weighted by Gasteiger charge is 2.11. The number of carbonyl (C=O) groups excluding carboxylic acids is 1. The molecule has 0 saturated heterocycles. The molecular weight excluding hydrogens is 303 g/mol. The molecule has 1 unspecified atom stereocenters. The number of thiophene rings is 1. The van der Waals surface area contributed by atoms with Crippen LogP contribution in [0.25, 0.3) is 6.08 Å². The van der Waals surface area contributed by atoms with E-state index in [0.717, 1.165) is 22.4 Å². The van der Waals surface area contributed by atoms with Crippen LogP contribution in [0.15, 0.2) is 41.8 Å². The highest BCUT2D eigenvalue weighted by atomic mass is 32.1. The van der Waals surface area contributed by atoms with Crippen LogP contribution in [0, 0.1) is 5.82 Å². The molecule has 2 amide bonds. The molecule has 0 fully saturated rings. The maximum atomic E-state index is 12.9. The fourth-order valence-electron chi connectivity index (χ4n) is 1.93. The zero-order valence-electron chi connectivity index (χ0n) is 12.1. The minimum Gasteiger partial charge on any atom is -0.350 e. The number of urea groups is 1. The van der Waals surface area contributed by atoms with E-state index in [1.807, 2.05) is 17.5 Å². The maximum Gasteiger partial charge on any atom is 0.339 e. The van der Waals surface area contributed by atoms with E-state index in [0.29, 0.717) is 5.06 Å². The third-order valence-electron chi connectivity index (χ3n) is 3.15. The Labute approximate surface area is 132 Å². The van der Waals surface area contributed by atoms with Gasteiger partial charge in [-0.3, -0.25) is 5.21 Å². The lowest BCUT2D eigenvalue weighted by atomic mass is 10.1. The van der Waals surface area contributed by atoms with Crippen molar-refractivity contribution in [1.29, 1.82) is 0 Å². The van der Waals surface area contributed by atoms with Gasteiger partial charge in [-0.1, -0.05) is 18.2 Å². The number of carbonyl (C=O) groups is 1. The molecule has 4 nitrogen and oxygen atoms in total. The molecule has 0 spiro atoms. The average Bonchev–Trinajstić information content (AvgIpc) is 2.94. The van der Waals surface area contributed by atoms with Crippen LogP contribution in [0.4, 0.5) is 9.18 Å². The Hall–Kier alpha value is -2.18. The van der Waals surface area contributed by atoms with Gasteiger partial charge in [-0.15, -0.1) is 11.3 Å². The van der Waals surface area contributed by atoms with Gasteiger partial charge in [0.15, 0.2) is 0 Å². The summed E-state index contributed by atoms with van der Waals surface area (Å²) in [5.41, 5.74) is 7.15. The van der Waals surface area contributed by atoms with Crippen LogP contribution in [0.1, 0.15) is 22.9 Å². The first-order chi connectivity index (χ1) is 10.5. The number of rotatable bonds is 5. The number of hydrogen-bond acceptors (Lipinski definition) is 3. The first-order valence-corrected chi connectivity index (χ1v) is 7.61. The Bertz CT molecular complexity index is 667. The normalized spacial score (nSPS) is 12.5. The van der Waals surface area contributed by atoms with Crippen molar-refractivity contribution >= 4 is 23.4 Å². The summed E-state index contributed by atoms with van der Waals surface area (Å²) in [5, 5.41) is 11.9. The molecule has 6 heteroatoms. The molecule has 0 bridgehead atoms. The van der Waals surface area contributed by atoms with Gasteiger partial charge in [0.2, 0.25) is 0 Å². The Balaban J connectivity index is 1.99. The van der Waals surface area contributed by atoms with E-state index in [4.69, 9.17) is 5.73 Å². The van der Waals surface area contributed by atoms with E-state index in [-0.39, 0.29) is 5.82 Å². The second-order valence-corrected chi connectivity index (χ2v) is 5.89. The number of nitrogens with zero attached hydrogens (tertiary/aromatic N) is 1. The molecule has 0 aliphatic carbocycles. The standard InChI is InChI=1S/C16H17FN2O2S/c1-11(19(21)16(18)20)2-7-15-9-13(10-22-15)8-12-3-5-14(17)6-4-12/h2-7,9-11,21H,8H2,1H3,(H2,18,20). The lowest BCUT2D eigenvalue weighted by molar-refractivity contribution is -0.0560. The molecule has 1 atom stereocenters. The highest BCUT2D eigenvalue weighted by Crippen LogP contribution is 2.20. The van der Waals surface area contributed by atoms with Crippen molar-refractivity contribution in [3.05, 3.63) is 63.6 Å². The number of primary amides is 1. The number of amides is 2. The summed E-state index contributed by atoms with van der Waals surface area (Å²) in [6.07, 6.45) is 4.25. The minimum absolute atomic E-state index is 0.241. The molecule has 0 aliphatic heterocycles. The maximum absolute atomic E-state index is 12.9. The highest BCUT2D eigenvalue weighted by molar-refractivity contribution is 7.11. The van der Waals surface area contributed by atoms with Crippen LogP contribution >= 0.6 is 11.3 Å². The summed E-state index contributed by atoms with van der Waals surface area (Å²) >= 11 is 1.56. The van der Waals surface area contributed by atoms with E-state index in [9.17, 15) is 14.4 Å². The van der Waals surface area contributed by atoms with E-state index >= 15 is 0 Å². The lowest BCUT2D eigenvalue weighted by Crippen LogP contribution is -2.38. The first kappa shape index (κ1) is 16.2. The van der Waals surface area contributed by atoms with Gasteiger partial charge in [-0.2, -0.15) is 5.06 Å². The zero-order chi connectivity index (χ0) is 16.1. The molecule has 22 heavy (non-hydrogen) atoms. The molecule has 116 valence electrons. The summed E-state index contributed by atoms with van der Waals surface area (Å²) < 4.78 is 12.9. The van der Waals surface area contributed by atoms with Crippen molar-refractivity contribution in [2.45, 2.75) is 19.4 Å². The largest absolute Gasteiger partial charge is 0.350 e. The molecule has 1 heterocycles. The first-order valence-electron chi connectivity index (χ1n) is 6.73. The number of hydroxylamine groups is 2. The Morgan fingerprint density at radius 3 is 2.73 bits per heavy atom. The van der Waals surface area contributed by atoms with Gasteiger partial charge in [-0.05, 0) is 54.1 Å². The van der Waals surface area contributed by atoms with Gasteiger partial charge in [0.05, 0.1) is 6.04 Å². The van der Waals surface area contributed by atoms with Gasteiger partial charge >= 0.3 is 6.03 Å². The van der Waals surface area contributed by atoms with Crippen molar-refractivity contribution in [3.8, 4) is 0 Å². The van der Waals surface area contributed by atoms with E-state index in [1.165, 1.54) is 12.1 Å². The summed E-state index contributed by atoms with van der Waals surface area (Å²) in [6.45, 7) is 1.66. The van der Waals surface area contributed by atoms with Crippen LogP contribution in [0.5, 0.6) is 0 Å². The Morgan fingerprint density at radius 2 is 2.09 bits per heavy atom. The lowest BCUT2D eigenvalue weighted by Gasteiger charge is -2.16. The van der Waals surface area contributed by atoms with E-state index in [1.54, 1.807) is 36.5 Å². The van der Waals surface area contributed by atoms with E-state index < -0.39 is 12.1 Å². The van der Waals surface area contributed by atoms with Gasteiger partial charge < -0.3 is 5.73 Å². The van der Waals surface area contributed by atoms with Gasteiger partial charge in [0.25, 0.3) is 0 Å². The predicted molar refractivity (Wildman–Crippen MR) is 85.2 cm³/mol. The predicted octanol–water partition coefficient (Wildman–Crippen LogP) is 3.65. The van der Waals surface area contributed by atoms with Crippen molar-refractivity contribution in [3.63, 3.8) is 0 Å². The monoisotopic (exact) mass is 320 g/mol. The van der Waals surface area contributed by atoms with Crippen LogP contribution in [0.2, 0.25) is 0 Å². The number of halogens is 1. The number of benzene rings is 1. The third-order valence-corrected chi connectivity index (χ3v) is 4.09. The van der Waals surface area contributed by atoms with Crippen LogP contribution < -0.4 is 5.73 Å². The molecule has 3 N–H and O–H groups in total. The third kappa shape index (κ3) is 4.41. The van der Waals surface area contributed by atoms with Crippen molar-refractivity contribution in [1.82, 2.24) is 5.06 Å². The summed E-state index contributed by atoms with van der Waals surface area (Å²) in [4.78, 5) is 11.8. The van der Waals surface area contributed by atoms with Gasteiger partial charge in [0, 0.05) is 4.88 Å². The van der Waals surface area contributed by atoms with Gasteiger partial charge in [-0.25, -0.2) is 9.18 Å².